The summed E-state index contributed by atoms with van der Waals surface area (Å²) in [6, 6.07) is 7.96. The molecule has 0 saturated carbocycles. The molecule has 132 valence electrons. The van der Waals surface area contributed by atoms with Crippen LogP contribution in [-0.2, 0) is 4.79 Å². The molecule has 3 nitrogen and oxygen atoms in total. The Hall–Kier alpha value is -1.07. The number of carboxylic acids is 1. The highest BCUT2D eigenvalue weighted by Crippen LogP contribution is 2.33. The van der Waals surface area contributed by atoms with E-state index in [2.05, 4.69) is 11.9 Å². The van der Waals surface area contributed by atoms with Gasteiger partial charge in [0.25, 0.3) is 0 Å². The fourth-order valence-corrected chi connectivity index (χ4v) is 5.01. The van der Waals surface area contributed by atoms with Crippen molar-refractivity contribution in [1.82, 2.24) is 4.98 Å². The standard InChI is InChI=1S/C19H27NO2S2/c1-2-3-4-5-6-7-8-9-14-17(18(21)22)24-19-20-15-12-10-11-13-16(15)23-19/h10-13,17H,2-9,14H2,1H3,(H,21,22). The number of hydrogen-bond donors (Lipinski definition) is 1. The van der Waals surface area contributed by atoms with Crippen LogP contribution >= 0.6 is 23.1 Å². The molecule has 1 aromatic carbocycles. The molecule has 24 heavy (non-hydrogen) atoms. The molecule has 0 aliphatic rings. The third-order valence-corrected chi connectivity index (χ3v) is 6.50. The van der Waals surface area contributed by atoms with Gasteiger partial charge in [-0.1, -0.05) is 82.2 Å². The van der Waals surface area contributed by atoms with E-state index in [0.29, 0.717) is 0 Å². The van der Waals surface area contributed by atoms with Crippen molar-refractivity contribution < 1.29 is 9.90 Å². The van der Waals surface area contributed by atoms with E-state index in [9.17, 15) is 9.90 Å². The number of aromatic nitrogens is 1. The molecule has 0 aliphatic carbocycles. The lowest BCUT2D eigenvalue weighted by atomic mass is 10.1. The number of carbonyl (C=O) groups is 1. The molecule has 1 unspecified atom stereocenters. The summed E-state index contributed by atoms with van der Waals surface area (Å²) >= 11 is 2.99. The van der Waals surface area contributed by atoms with E-state index in [1.807, 2.05) is 24.3 Å². The zero-order chi connectivity index (χ0) is 17.2. The molecule has 0 saturated heterocycles. The third kappa shape index (κ3) is 6.44. The molecular weight excluding hydrogens is 338 g/mol. The van der Waals surface area contributed by atoms with Crippen molar-refractivity contribution in [2.24, 2.45) is 0 Å². The highest BCUT2D eigenvalue weighted by atomic mass is 32.2. The first kappa shape index (κ1) is 19.3. The average Bonchev–Trinajstić information content (AvgIpc) is 2.98. The van der Waals surface area contributed by atoms with E-state index in [4.69, 9.17) is 0 Å². The first-order valence-corrected chi connectivity index (χ1v) is 10.7. The Bertz CT molecular complexity index is 594. The molecule has 1 aromatic heterocycles. The number of nitrogens with zero attached hydrogens (tertiary/aromatic N) is 1. The van der Waals surface area contributed by atoms with Gasteiger partial charge in [0.1, 0.15) is 5.25 Å². The quantitative estimate of drug-likeness (QED) is 0.350. The van der Waals surface area contributed by atoms with Crippen LogP contribution in [0.15, 0.2) is 28.6 Å². The van der Waals surface area contributed by atoms with Crippen LogP contribution in [0.25, 0.3) is 10.2 Å². The van der Waals surface area contributed by atoms with Crippen LogP contribution in [0.1, 0.15) is 64.7 Å². The van der Waals surface area contributed by atoms with Gasteiger partial charge in [0, 0.05) is 0 Å². The van der Waals surface area contributed by atoms with Crippen LogP contribution in [0.5, 0.6) is 0 Å². The van der Waals surface area contributed by atoms with Gasteiger partial charge in [0.15, 0.2) is 4.34 Å². The summed E-state index contributed by atoms with van der Waals surface area (Å²) in [5, 5.41) is 9.08. The predicted octanol–water partition coefficient (Wildman–Crippen LogP) is 6.37. The van der Waals surface area contributed by atoms with Crippen molar-refractivity contribution >= 4 is 39.3 Å². The molecule has 1 N–H and O–H groups in total. The largest absolute Gasteiger partial charge is 0.480 e. The van der Waals surface area contributed by atoms with Crippen LogP contribution in [0.2, 0.25) is 0 Å². The number of para-hydroxylation sites is 1. The number of fused-ring (bicyclic) bond motifs is 1. The van der Waals surface area contributed by atoms with E-state index in [1.54, 1.807) is 11.3 Å². The summed E-state index contributed by atoms with van der Waals surface area (Å²) in [4.78, 5) is 16.1. The van der Waals surface area contributed by atoms with Crippen molar-refractivity contribution in [1.29, 1.82) is 0 Å². The van der Waals surface area contributed by atoms with Crippen molar-refractivity contribution in [2.75, 3.05) is 0 Å². The van der Waals surface area contributed by atoms with Gasteiger partial charge in [0.05, 0.1) is 10.2 Å². The van der Waals surface area contributed by atoms with Gasteiger partial charge < -0.3 is 5.11 Å². The van der Waals surface area contributed by atoms with Gasteiger partial charge in [-0.15, -0.1) is 11.3 Å². The summed E-state index contributed by atoms with van der Waals surface area (Å²) in [5.41, 5.74) is 0.959. The molecule has 2 rings (SSSR count). The lowest BCUT2D eigenvalue weighted by Gasteiger charge is -2.09. The normalized spacial score (nSPS) is 12.5. The minimum absolute atomic E-state index is 0.384. The van der Waals surface area contributed by atoms with Gasteiger partial charge >= 0.3 is 5.97 Å². The summed E-state index contributed by atoms with van der Waals surface area (Å²) < 4.78 is 1.99. The second-order valence-electron chi connectivity index (χ2n) is 6.16. The van der Waals surface area contributed by atoms with E-state index < -0.39 is 5.97 Å². The zero-order valence-corrected chi connectivity index (χ0v) is 16.0. The summed E-state index contributed by atoms with van der Waals surface area (Å²) in [7, 11) is 0. The lowest BCUT2D eigenvalue weighted by molar-refractivity contribution is -0.136. The van der Waals surface area contributed by atoms with E-state index in [-0.39, 0.29) is 5.25 Å². The molecule has 1 heterocycles. The Kier molecular flexibility index (Phi) is 8.60. The van der Waals surface area contributed by atoms with E-state index in [1.165, 1.54) is 50.3 Å². The molecule has 0 fully saturated rings. The summed E-state index contributed by atoms with van der Waals surface area (Å²) in [5.74, 6) is -0.720. The molecule has 5 heteroatoms. The molecular formula is C19H27NO2S2. The van der Waals surface area contributed by atoms with Gasteiger partial charge in [-0.05, 0) is 18.6 Å². The number of benzene rings is 1. The van der Waals surface area contributed by atoms with Crippen molar-refractivity contribution in [2.45, 2.75) is 74.3 Å². The van der Waals surface area contributed by atoms with Crippen LogP contribution < -0.4 is 0 Å². The zero-order valence-electron chi connectivity index (χ0n) is 14.4. The van der Waals surface area contributed by atoms with Gasteiger partial charge in [0.2, 0.25) is 0 Å². The maximum Gasteiger partial charge on any atom is 0.317 e. The Morgan fingerprint density at radius 3 is 2.46 bits per heavy atom. The summed E-state index contributed by atoms with van der Waals surface area (Å²) in [6.07, 6.45) is 10.6. The van der Waals surface area contributed by atoms with E-state index in [0.717, 1.165) is 33.8 Å². The summed E-state index contributed by atoms with van der Waals surface area (Å²) in [6.45, 7) is 2.23. The first-order chi connectivity index (χ1) is 11.7. The SMILES string of the molecule is CCCCCCCCCCC(Sc1nc2ccccc2s1)C(=O)O. The molecule has 0 amide bonds. The van der Waals surface area contributed by atoms with Crippen LogP contribution in [0.3, 0.4) is 0 Å². The van der Waals surface area contributed by atoms with Gasteiger partial charge in [-0.2, -0.15) is 0 Å². The minimum Gasteiger partial charge on any atom is -0.480 e. The molecule has 2 aromatic rings. The third-order valence-electron chi connectivity index (χ3n) is 4.11. The monoisotopic (exact) mass is 365 g/mol. The second kappa shape index (κ2) is 10.7. The molecule has 0 bridgehead atoms. The molecule has 0 radical (unpaired) electrons. The number of aliphatic carboxylic acids is 1. The maximum atomic E-state index is 11.5. The van der Waals surface area contributed by atoms with E-state index >= 15 is 0 Å². The Morgan fingerprint density at radius 2 is 1.79 bits per heavy atom. The number of unbranched alkanes of at least 4 members (excludes halogenated alkanes) is 7. The van der Waals surface area contributed by atoms with Crippen LogP contribution in [0, 0.1) is 0 Å². The second-order valence-corrected chi connectivity index (χ2v) is 8.64. The predicted molar refractivity (Wildman–Crippen MR) is 104 cm³/mol. The number of carboxylic acid groups (broad SMARTS) is 1. The smallest absolute Gasteiger partial charge is 0.317 e. The maximum absolute atomic E-state index is 11.5. The first-order valence-electron chi connectivity index (χ1n) is 8.95. The number of thioether (sulfide) groups is 1. The van der Waals surface area contributed by atoms with Crippen LogP contribution in [-0.4, -0.2) is 21.3 Å². The molecule has 0 spiro atoms. The number of thiazole rings is 1. The highest BCUT2D eigenvalue weighted by molar-refractivity contribution is 8.02. The minimum atomic E-state index is -0.720. The number of hydrogen-bond acceptors (Lipinski definition) is 4. The average molecular weight is 366 g/mol. The van der Waals surface area contributed by atoms with Gasteiger partial charge in [-0.25, -0.2) is 4.98 Å². The lowest BCUT2D eigenvalue weighted by Crippen LogP contribution is -2.16. The highest BCUT2D eigenvalue weighted by Gasteiger charge is 2.20. The topological polar surface area (TPSA) is 50.2 Å². The Morgan fingerprint density at radius 1 is 1.12 bits per heavy atom. The van der Waals surface area contributed by atoms with Crippen LogP contribution in [0.4, 0.5) is 0 Å². The Balaban J connectivity index is 1.73. The Labute approximate surface area is 152 Å². The van der Waals surface area contributed by atoms with Crippen molar-refractivity contribution in [3.05, 3.63) is 24.3 Å². The van der Waals surface area contributed by atoms with Crippen molar-refractivity contribution in [3.63, 3.8) is 0 Å². The molecule has 0 aliphatic heterocycles. The number of rotatable bonds is 12. The fourth-order valence-electron chi connectivity index (χ4n) is 2.72. The van der Waals surface area contributed by atoms with Crippen molar-refractivity contribution in [3.8, 4) is 0 Å². The van der Waals surface area contributed by atoms with Gasteiger partial charge in [-0.3, -0.25) is 4.79 Å². The molecule has 1 atom stereocenters. The fraction of sp³-hybridized carbons (Fsp3) is 0.579.